The number of nitriles is 2. The Kier molecular flexibility index (Phi) is 4.61. The molecule has 0 heterocycles. The Morgan fingerprint density at radius 2 is 1.62 bits per heavy atom. The molecule has 2 aromatic carbocycles. The molecule has 0 amide bonds. The lowest BCUT2D eigenvalue weighted by molar-refractivity contribution is 0.413. The second kappa shape index (κ2) is 6.61. The van der Waals surface area contributed by atoms with Gasteiger partial charge in [0.25, 0.3) is 0 Å². The minimum Gasteiger partial charge on any atom is -0.496 e. The molecular formula is C17H11ClN2O. The monoisotopic (exact) mass is 294 g/mol. The number of ether oxygens (including phenoxy) is 1. The van der Waals surface area contributed by atoms with E-state index >= 15 is 0 Å². The highest BCUT2D eigenvalue weighted by Crippen LogP contribution is 2.33. The molecule has 0 N–H and O–H groups in total. The lowest BCUT2D eigenvalue weighted by Crippen LogP contribution is -1.96. The molecule has 0 spiro atoms. The van der Waals surface area contributed by atoms with Crippen LogP contribution in [0.2, 0.25) is 5.02 Å². The third-order valence-corrected chi connectivity index (χ3v) is 3.23. The van der Waals surface area contributed by atoms with Gasteiger partial charge in [0.1, 0.15) is 23.5 Å². The van der Waals surface area contributed by atoms with Crippen molar-refractivity contribution in [3.63, 3.8) is 0 Å². The van der Waals surface area contributed by atoms with Crippen LogP contribution in [-0.4, -0.2) is 7.11 Å². The largest absolute Gasteiger partial charge is 0.496 e. The van der Waals surface area contributed by atoms with Gasteiger partial charge in [-0.25, -0.2) is 0 Å². The van der Waals surface area contributed by atoms with Crippen LogP contribution in [0.3, 0.4) is 0 Å². The zero-order chi connectivity index (χ0) is 15.2. The van der Waals surface area contributed by atoms with Gasteiger partial charge in [0.15, 0.2) is 0 Å². The second-order valence-electron chi connectivity index (χ2n) is 4.18. The van der Waals surface area contributed by atoms with Crippen LogP contribution in [0.5, 0.6) is 5.75 Å². The van der Waals surface area contributed by atoms with E-state index in [0.29, 0.717) is 21.9 Å². The molecule has 3 nitrogen and oxygen atoms in total. The fraction of sp³-hybridized carbons (Fsp3) is 0.0588. The predicted octanol–water partition coefficient (Wildman–Crippen LogP) is 4.20. The molecule has 0 saturated carbocycles. The smallest absolute Gasteiger partial charge is 0.138 e. The number of allylic oxidation sites excluding steroid dienone is 1. The van der Waals surface area contributed by atoms with Crippen molar-refractivity contribution in [1.29, 1.82) is 10.5 Å². The Bertz CT molecular complexity index is 749. The molecule has 0 aliphatic carbocycles. The number of hydrogen-bond donors (Lipinski definition) is 0. The SMILES string of the molecule is COc1ccccc1C(=C(C#N)C#N)c1ccc(Cl)cc1. The lowest BCUT2D eigenvalue weighted by Gasteiger charge is -2.12. The molecule has 21 heavy (non-hydrogen) atoms. The van der Waals surface area contributed by atoms with Crippen molar-refractivity contribution in [3.05, 3.63) is 70.3 Å². The van der Waals surface area contributed by atoms with E-state index in [1.165, 1.54) is 0 Å². The molecule has 0 aliphatic rings. The van der Waals surface area contributed by atoms with Gasteiger partial charge in [0.05, 0.1) is 7.11 Å². The minimum atomic E-state index is 0.0295. The van der Waals surface area contributed by atoms with Crippen LogP contribution in [0.15, 0.2) is 54.1 Å². The molecule has 102 valence electrons. The molecule has 0 aliphatic heterocycles. The molecule has 0 radical (unpaired) electrons. The van der Waals surface area contributed by atoms with Crippen LogP contribution in [0, 0.1) is 22.7 Å². The third kappa shape index (κ3) is 3.05. The second-order valence-corrected chi connectivity index (χ2v) is 4.62. The Labute approximate surface area is 128 Å². The van der Waals surface area contributed by atoms with E-state index in [9.17, 15) is 10.5 Å². The number of halogens is 1. The molecule has 0 unspecified atom stereocenters. The molecule has 0 bridgehead atoms. The maximum atomic E-state index is 9.24. The summed E-state index contributed by atoms with van der Waals surface area (Å²) in [5, 5.41) is 19.1. The summed E-state index contributed by atoms with van der Waals surface area (Å²) in [6, 6.07) is 18.2. The quantitative estimate of drug-likeness (QED) is 0.797. The van der Waals surface area contributed by atoms with Gasteiger partial charge in [-0.2, -0.15) is 10.5 Å². The van der Waals surface area contributed by atoms with Crippen LogP contribution >= 0.6 is 11.6 Å². The highest BCUT2D eigenvalue weighted by molar-refractivity contribution is 6.30. The number of nitrogens with zero attached hydrogens (tertiary/aromatic N) is 2. The van der Waals surface area contributed by atoms with Crippen LogP contribution in [0.1, 0.15) is 11.1 Å². The van der Waals surface area contributed by atoms with Crippen LogP contribution in [0.4, 0.5) is 0 Å². The standard InChI is InChI=1S/C17H11ClN2O/c1-21-16-5-3-2-4-15(16)17(13(10-19)11-20)12-6-8-14(18)9-7-12/h2-9H,1H3. The van der Waals surface area contributed by atoms with Crippen molar-refractivity contribution in [3.8, 4) is 17.9 Å². The number of rotatable bonds is 3. The van der Waals surface area contributed by atoms with Gasteiger partial charge in [-0.15, -0.1) is 0 Å². The molecule has 0 aromatic heterocycles. The molecule has 2 rings (SSSR count). The van der Waals surface area contributed by atoms with Crippen molar-refractivity contribution in [2.75, 3.05) is 7.11 Å². The number of benzene rings is 2. The first-order valence-electron chi connectivity index (χ1n) is 6.15. The van der Waals surface area contributed by atoms with E-state index in [0.717, 1.165) is 5.56 Å². The topological polar surface area (TPSA) is 56.8 Å². The van der Waals surface area contributed by atoms with E-state index in [4.69, 9.17) is 16.3 Å². The molecule has 0 fully saturated rings. The van der Waals surface area contributed by atoms with Gasteiger partial charge in [0, 0.05) is 16.2 Å². The first kappa shape index (κ1) is 14.7. The Hall–Kier alpha value is -2.75. The average molecular weight is 295 g/mol. The van der Waals surface area contributed by atoms with Crippen molar-refractivity contribution < 1.29 is 4.74 Å². The van der Waals surface area contributed by atoms with Crippen molar-refractivity contribution in [1.82, 2.24) is 0 Å². The average Bonchev–Trinajstić information content (AvgIpc) is 2.53. The van der Waals surface area contributed by atoms with E-state index in [-0.39, 0.29) is 5.57 Å². The van der Waals surface area contributed by atoms with E-state index in [1.807, 2.05) is 30.3 Å². The highest BCUT2D eigenvalue weighted by atomic mass is 35.5. The molecule has 4 heteroatoms. The summed E-state index contributed by atoms with van der Waals surface area (Å²) in [5.74, 6) is 0.602. The Balaban J connectivity index is 2.75. The van der Waals surface area contributed by atoms with Crippen LogP contribution < -0.4 is 4.74 Å². The predicted molar refractivity (Wildman–Crippen MR) is 81.7 cm³/mol. The fourth-order valence-electron chi connectivity index (χ4n) is 2.04. The molecular weight excluding hydrogens is 284 g/mol. The highest BCUT2D eigenvalue weighted by Gasteiger charge is 2.15. The fourth-order valence-corrected chi connectivity index (χ4v) is 2.17. The first-order chi connectivity index (χ1) is 10.2. The molecule has 2 aromatic rings. The lowest BCUT2D eigenvalue weighted by atomic mass is 9.93. The summed E-state index contributed by atoms with van der Waals surface area (Å²) in [5.41, 5.74) is 2.00. The summed E-state index contributed by atoms with van der Waals surface area (Å²) < 4.78 is 5.33. The number of hydrogen-bond acceptors (Lipinski definition) is 3. The first-order valence-corrected chi connectivity index (χ1v) is 6.53. The van der Waals surface area contributed by atoms with Crippen LogP contribution in [-0.2, 0) is 0 Å². The molecule has 0 atom stereocenters. The van der Waals surface area contributed by atoms with E-state index in [1.54, 1.807) is 37.4 Å². The summed E-state index contributed by atoms with van der Waals surface area (Å²) in [7, 11) is 1.55. The van der Waals surface area contributed by atoms with Crippen molar-refractivity contribution in [2.24, 2.45) is 0 Å². The van der Waals surface area contributed by atoms with Gasteiger partial charge in [-0.05, 0) is 23.8 Å². The Morgan fingerprint density at radius 3 is 2.19 bits per heavy atom. The van der Waals surface area contributed by atoms with E-state index in [2.05, 4.69) is 0 Å². The van der Waals surface area contributed by atoms with Gasteiger partial charge >= 0.3 is 0 Å². The van der Waals surface area contributed by atoms with Gasteiger partial charge in [-0.1, -0.05) is 41.9 Å². The molecule has 0 saturated heterocycles. The van der Waals surface area contributed by atoms with Crippen LogP contribution in [0.25, 0.3) is 5.57 Å². The Morgan fingerprint density at radius 1 is 1.00 bits per heavy atom. The van der Waals surface area contributed by atoms with Gasteiger partial charge in [0.2, 0.25) is 0 Å². The minimum absolute atomic E-state index is 0.0295. The number of methoxy groups -OCH3 is 1. The van der Waals surface area contributed by atoms with Gasteiger partial charge < -0.3 is 4.74 Å². The van der Waals surface area contributed by atoms with Crippen molar-refractivity contribution in [2.45, 2.75) is 0 Å². The zero-order valence-corrected chi connectivity index (χ0v) is 12.1. The maximum Gasteiger partial charge on any atom is 0.138 e. The van der Waals surface area contributed by atoms with E-state index < -0.39 is 0 Å². The summed E-state index contributed by atoms with van der Waals surface area (Å²) in [4.78, 5) is 0. The van der Waals surface area contributed by atoms with Gasteiger partial charge in [-0.3, -0.25) is 0 Å². The normalized spacial score (nSPS) is 9.33. The number of para-hydroxylation sites is 1. The summed E-state index contributed by atoms with van der Waals surface area (Å²) in [6.07, 6.45) is 0. The zero-order valence-electron chi connectivity index (χ0n) is 11.3. The summed E-state index contributed by atoms with van der Waals surface area (Å²) in [6.45, 7) is 0. The third-order valence-electron chi connectivity index (χ3n) is 2.98. The summed E-state index contributed by atoms with van der Waals surface area (Å²) >= 11 is 5.90. The van der Waals surface area contributed by atoms with Crippen molar-refractivity contribution >= 4 is 17.2 Å². The maximum absolute atomic E-state index is 9.24.